The van der Waals surface area contributed by atoms with E-state index in [1.54, 1.807) is 0 Å². The topological polar surface area (TPSA) is 12.0 Å². The summed E-state index contributed by atoms with van der Waals surface area (Å²) in [7, 11) is 0. The Kier molecular flexibility index (Phi) is 4.43. The van der Waals surface area contributed by atoms with Crippen LogP contribution >= 0.6 is 0 Å². The van der Waals surface area contributed by atoms with E-state index < -0.39 is 0 Å². The van der Waals surface area contributed by atoms with Crippen molar-refractivity contribution in [1.29, 1.82) is 0 Å². The van der Waals surface area contributed by atoms with E-state index in [9.17, 15) is 0 Å². The predicted octanol–water partition coefficient (Wildman–Crippen LogP) is 3.45. The van der Waals surface area contributed by atoms with Crippen LogP contribution in [0.2, 0.25) is 0 Å². The second kappa shape index (κ2) is 5.16. The van der Waals surface area contributed by atoms with Crippen molar-refractivity contribution < 1.29 is 0 Å². The van der Waals surface area contributed by atoms with Crippen molar-refractivity contribution >= 4 is 0 Å². The lowest BCUT2D eigenvalue weighted by molar-refractivity contribution is 0.342. The summed E-state index contributed by atoms with van der Waals surface area (Å²) in [4.78, 5) is 0. The van der Waals surface area contributed by atoms with Gasteiger partial charge in [0.15, 0.2) is 0 Å². The maximum absolute atomic E-state index is 3.61. The molecule has 0 aromatic rings. The van der Waals surface area contributed by atoms with E-state index in [1.807, 2.05) is 0 Å². The molecule has 0 amide bonds. The second-order valence-corrected chi connectivity index (χ2v) is 6.18. The minimum absolute atomic E-state index is 0.480. The second-order valence-electron chi connectivity index (χ2n) is 6.18. The van der Waals surface area contributed by atoms with E-state index >= 15 is 0 Å². The molecule has 14 heavy (non-hydrogen) atoms. The van der Waals surface area contributed by atoms with Crippen LogP contribution < -0.4 is 5.32 Å². The molecule has 84 valence electrons. The van der Waals surface area contributed by atoms with Crippen LogP contribution in [0.15, 0.2) is 0 Å². The van der Waals surface area contributed by atoms with E-state index in [2.05, 4.69) is 33.0 Å². The van der Waals surface area contributed by atoms with Crippen molar-refractivity contribution in [2.75, 3.05) is 13.1 Å². The van der Waals surface area contributed by atoms with Gasteiger partial charge in [-0.05, 0) is 43.2 Å². The quantitative estimate of drug-likeness (QED) is 0.681. The highest BCUT2D eigenvalue weighted by Crippen LogP contribution is 2.30. The van der Waals surface area contributed by atoms with Crippen LogP contribution in [-0.4, -0.2) is 13.1 Å². The molecule has 0 saturated heterocycles. The molecule has 0 bridgehead atoms. The molecule has 0 heterocycles. The zero-order valence-corrected chi connectivity index (χ0v) is 10.4. The van der Waals surface area contributed by atoms with Gasteiger partial charge in [0.05, 0.1) is 0 Å². The third kappa shape index (κ3) is 4.45. The number of nitrogens with one attached hydrogen (secondary N) is 1. The Balaban J connectivity index is 2.04. The molecule has 1 rings (SSSR count). The average Bonchev–Trinajstić information content (AvgIpc) is 2.44. The zero-order chi connectivity index (χ0) is 10.6. The van der Waals surface area contributed by atoms with E-state index in [1.165, 1.54) is 38.8 Å². The van der Waals surface area contributed by atoms with Gasteiger partial charge in [0, 0.05) is 0 Å². The average molecular weight is 197 g/mol. The van der Waals surface area contributed by atoms with Crippen LogP contribution in [0.1, 0.15) is 53.4 Å². The highest BCUT2D eigenvalue weighted by molar-refractivity contribution is 4.76. The zero-order valence-electron chi connectivity index (χ0n) is 10.4. The fraction of sp³-hybridized carbons (Fsp3) is 1.00. The van der Waals surface area contributed by atoms with Gasteiger partial charge in [0.25, 0.3) is 0 Å². The fourth-order valence-corrected chi connectivity index (χ4v) is 2.28. The van der Waals surface area contributed by atoms with Crippen molar-refractivity contribution in [3.05, 3.63) is 0 Å². The third-order valence-corrected chi connectivity index (χ3v) is 3.50. The van der Waals surface area contributed by atoms with Gasteiger partial charge in [-0.2, -0.15) is 0 Å². The molecule has 1 aliphatic rings. The van der Waals surface area contributed by atoms with Gasteiger partial charge in [-0.25, -0.2) is 0 Å². The Morgan fingerprint density at radius 1 is 1.21 bits per heavy atom. The van der Waals surface area contributed by atoms with Gasteiger partial charge in [0.2, 0.25) is 0 Å². The van der Waals surface area contributed by atoms with Crippen LogP contribution in [0.3, 0.4) is 0 Å². The summed E-state index contributed by atoms with van der Waals surface area (Å²) >= 11 is 0. The van der Waals surface area contributed by atoms with Crippen molar-refractivity contribution in [2.45, 2.75) is 53.4 Å². The van der Waals surface area contributed by atoms with E-state index in [-0.39, 0.29) is 0 Å². The molecule has 1 saturated carbocycles. The molecule has 1 fully saturated rings. The molecule has 1 N–H and O–H groups in total. The summed E-state index contributed by atoms with van der Waals surface area (Å²) in [5.74, 6) is 1.91. The number of hydrogen-bond donors (Lipinski definition) is 1. The first-order valence-corrected chi connectivity index (χ1v) is 6.20. The fourth-order valence-electron chi connectivity index (χ4n) is 2.28. The highest BCUT2D eigenvalue weighted by atomic mass is 14.9. The van der Waals surface area contributed by atoms with E-state index in [4.69, 9.17) is 0 Å². The van der Waals surface area contributed by atoms with Crippen LogP contribution in [0, 0.1) is 17.3 Å². The van der Waals surface area contributed by atoms with E-state index in [0.29, 0.717) is 5.41 Å². The third-order valence-electron chi connectivity index (χ3n) is 3.50. The van der Waals surface area contributed by atoms with Gasteiger partial charge in [-0.15, -0.1) is 0 Å². The lowest BCUT2D eigenvalue weighted by atomic mass is 9.92. The molecule has 0 aliphatic heterocycles. The number of hydrogen-bond acceptors (Lipinski definition) is 1. The summed E-state index contributed by atoms with van der Waals surface area (Å²) in [5, 5.41) is 3.61. The molecule has 2 atom stereocenters. The molecular formula is C13H27N. The first-order valence-electron chi connectivity index (χ1n) is 6.20. The van der Waals surface area contributed by atoms with Gasteiger partial charge in [-0.3, -0.25) is 0 Å². The Morgan fingerprint density at radius 2 is 1.93 bits per heavy atom. The SMILES string of the molecule is CC1CCCC1CNCCC(C)(C)C. The summed E-state index contributed by atoms with van der Waals surface area (Å²) in [6.07, 6.45) is 5.64. The van der Waals surface area contributed by atoms with Crippen molar-refractivity contribution in [3.63, 3.8) is 0 Å². The van der Waals surface area contributed by atoms with Crippen LogP contribution in [0.5, 0.6) is 0 Å². The summed E-state index contributed by atoms with van der Waals surface area (Å²) in [6.45, 7) is 11.8. The molecule has 0 spiro atoms. The molecular weight excluding hydrogens is 170 g/mol. The van der Waals surface area contributed by atoms with Gasteiger partial charge in [0.1, 0.15) is 0 Å². The Morgan fingerprint density at radius 3 is 2.43 bits per heavy atom. The molecule has 1 nitrogen and oxygen atoms in total. The van der Waals surface area contributed by atoms with Gasteiger partial charge < -0.3 is 5.32 Å². The minimum atomic E-state index is 0.480. The minimum Gasteiger partial charge on any atom is -0.316 e. The van der Waals surface area contributed by atoms with Crippen LogP contribution in [-0.2, 0) is 0 Å². The standard InChI is InChI=1S/C13H27N/c1-11-6-5-7-12(11)10-14-9-8-13(2,3)4/h11-12,14H,5-10H2,1-4H3. The predicted molar refractivity (Wildman–Crippen MR) is 63.4 cm³/mol. The first kappa shape index (κ1) is 12.0. The number of rotatable bonds is 4. The lowest BCUT2D eigenvalue weighted by Crippen LogP contribution is -2.27. The normalized spacial score (nSPS) is 28.3. The maximum atomic E-state index is 3.61. The monoisotopic (exact) mass is 197 g/mol. The first-order chi connectivity index (χ1) is 6.49. The molecule has 2 unspecified atom stereocenters. The van der Waals surface area contributed by atoms with Crippen molar-refractivity contribution in [2.24, 2.45) is 17.3 Å². The van der Waals surface area contributed by atoms with Crippen molar-refractivity contribution in [1.82, 2.24) is 5.32 Å². The molecule has 0 aromatic heterocycles. The molecule has 0 aromatic carbocycles. The van der Waals surface area contributed by atoms with Crippen molar-refractivity contribution in [3.8, 4) is 0 Å². The Hall–Kier alpha value is -0.0400. The smallest absolute Gasteiger partial charge is 0.00180 e. The highest BCUT2D eigenvalue weighted by Gasteiger charge is 2.22. The Bertz CT molecular complexity index is 157. The maximum Gasteiger partial charge on any atom is -0.00180 e. The molecule has 0 radical (unpaired) electrons. The summed E-state index contributed by atoms with van der Waals surface area (Å²) < 4.78 is 0. The van der Waals surface area contributed by atoms with Crippen LogP contribution in [0.25, 0.3) is 0 Å². The van der Waals surface area contributed by atoms with Gasteiger partial charge in [-0.1, -0.05) is 40.5 Å². The Labute approximate surface area is 89.7 Å². The molecule has 1 heteroatoms. The molecule has 1 aliphatic carbocycles. The van der Waals surface area contributed by atoms with E-state index in [0.717, 1.165) is 11.8 Å². The largest absolute Gasteiger partial charge is 0.316 e. The van der Waals surface area contributed by atoms with Crippen LogP contribution in [0.4, 0.5) is 0 Å². The summed E-state index contributed by atoms with van der Waals surface area (Å²) in [5.41, 5.74) is 0.480. The van der Waals surface area contributed by atoms with Gasteiger partial charge >= 0.3 is 0 Å². The lowest BCUT2D eigenvalue weighted by Gasteiger charge is -2.20. The summed E-state index contributed by atoms with van der Waals surface area (Å²) in [6, 6.07) is 0.